The van der Waals surface area contributed by atoms with Gasteiger partial charge < -0.3 is 15.2 Å². The van der Waals surface area contributed by atoms with Crippen molar-refractivity contribution < 1.29 is 9.59 Å². The highest BCUT2D eigenvalue weighted by atomic mass is 16.2. The van der Waals surface area contributed by atoms with E-state index in [2.05, 4.69) is 10.3 Å². The van der Waals surface area contributed by atoms with E-state index in [1.165, 1.54) is 0 Å². The van der Waals surface area contributed by atoms with Crippen LogP contribution in [0.15, 0.2) is 41.2 Å². The second-order valence-corrected chi connectivity index (χ2v) is 6.58. The van der Waals surface area contributed by atoms with Crippen molar-refractivity contribution in [3.8, 4) is 0 Å². The third kappa shape index (κ3) is 2.95. The molecule has 128 valence electrons. The number of fused-ring (bicyclic) bond motifs is 1. The van der Waals surface area contributed by atoms with Crippen molar-refractivity contribution >= 4 is 17.5 Å². The smallest absolute Gasteiger partial charge is 0.261 e. The number of aromatic nitrogens is 1. The molecule has 0 radical (unpaired) electrons. The number of carbonyl (C=O) groups excluding carboxylic acids is 2. The normalized spacial score (nSPS) is 19.1. The van der Waals surface area contributed by atoms with Crippen LogP contribution in [-0.2, 0) is 17.6 Å². The summed E-state index contributed by atoms with van der Waals surface area (Å²) in [6.07, 6.45) is 2.98. The van der Waals surface area contributed by atoms with Gasteiger partial charge in [0.15, 0.2) is 0 Å². The zero-order chi connectivity index (χ0) is 17.4. The molecule has 2 amide bonds. The van der Waals surface area contributed by atoms with E-state index < -0.39 is 5.91 Å². The minimum absolute atomic E-state index is 0.0284. The summed E-state index contributed by atoms with van der Waals surface area (Å²) in [5.41, 5.74) is 2.57. The summed E-state index contributed by atoms with van der Waals surface area (Å²) < 4.78 is 0. The maximum atomic E-state index is 12.5. The number of H-pyrrole nitrogens is 1. The molecule has 1 aliphatic carbocycles. The topological polar surface area (TPSA) is 82.3 Å². The van der Waals surface area contributed by atoms with E-state index in [1.807, 2.05) is 30.3 Å². The third-order valence-corrected chi connectivity index (χ3v) is 4.86. The van der Waals surface area contributed by atoms with E-state index >= 15 is 0 Å². The van der Waals surface area contributed by atoms with Gasteiger partial charge in [-0.25, -0.2) is 0 Å². The minimum atomic E-state index is -0.413. The Morgan fingerprint density at radius 3 is 2.76 bits per heavy atom. The average Bonchev–Trinajstić information content (AvgIpc) is 3.20. The van der Waals surface area contributed by atoms with Crippen molar-refractivity contribution in [1.82, 2.24) is 10.3 Å². The molecule has 1 aromatic carbocycles. The first-order valence-electron chi connectivity index (χ1n) is 8.53. The molecule has 1 atom stereocenters. The number of nitrogens with one attached hydrogen (secondary N) is 2. The molecule has 1 aliphatic heterocycles. The first kappa shape index (κ1) is 15.6. The lowest BCUT2D eigenvalue weighted by Crippen LogP contribution is -2.39. The summed E-state index contributed by atoms with van der Waals surface area (Å²) >= 11 is 0. The fraction of sp³-hybridized carbons (Fsp3) is 0.316. The van der Waals surface area contributed by atoms with Gasteiger partial charge in [-0.2, -0.15) is 0 Å². The van der Waals surface area contributed by atoms with Crippen molar-refractivity contribution in [2.75, 3.05) is 11.4 Å². The summed E-state index contributed by atoms with van der Waals surface area (Å²) in [5.74, 6) is -0.442. The highest BCUT2D eigenvalue weighted by Gasteiger charge is 2.32. The van der Waals surface area contributed by atoms with Gasteiger partial charge in [0.2, 0.25) is 5.91 Å². The molecule has 1 saturated heterocycles. The molecule has 2 aliphatic rings. The monoisotopic (exact) mass is 337 g/mol. The molecule has 0 bridgehead atoms. The molecule has 2 aromatic rings. The zero-order valence-electron chi connectivity index (χ0n) is 13.7. The summed E-state index contributed by atoms with van der Waals surface area (Å²) in [6, 6.07) is 10.8. The number of aryl methyl sites for hydroxylation is 2. The van der Waals surface area contributed by atoms with E-state index in [1.54, 1.807) is 11.0 Å². The van der Waals surface area contributed by atoms with Crippen LogP contribution in [0.25, 0.3) is 0 Å². The molecule has 1 unspecified atom stereocenters. The highest BCUT2D eigenvalue weighted by Crippen LogP contribution is 2.22. The zero-order valence-corrected chi connectivity index (χ0v) is 13.7. The first-order valence-corrected chi connectivity index (χ1v) is 8.53. The van der Waals surface area contributed by atoms with Crippen molar-refractivity contribution in [3.05, 3.63) is 63.6 Å². The summed E-state index contributed by atoms with van der Waals surface area (Å²) in [4.78, 5) is 41.4. The highest BCUT2D eigenvalue weighted by molar-refractivity contribution is 5.98. The minimum Gasteiger partial charge on any atom is -0.347 e. The van der Waals surface area contributed by atoms with Gasteiger partial charge >= 0.3 is 0 Å². The average molecular weight is 337 g/mol. The van der Waals surface area contributed by atoms with Crippen LogP contribution >= 0.6 is 0 Å². The van der Waals surface area contributed by atoms with Gasteiger partial charge in [-0.15, -0.1) is 0 Å². The Hall–Kier alpha value is -2.89. The van der Waals surface area contributed by atoms with Gasteiger partial charge in [0.05, 0.1) is 6.04 Å². The molecule has 1 aromatic heterocycles. The van der Waals surface area contributed by atoms with Gasteiger partial charge in [0.1, 0.15) is 5.56 Å². The fourth-order valence-corrected chi connectivity index (χ4v) is 3.61. The van der Waals surface area contributed by atoms with Crippen LogP contribution in [-0.4, -0.2) is 29.4 Å². The van der Waals surface area contributed by atoms with Gasteiger partial charge in [0, 0.05) is 24.3 Å². The van der Waals surface area contributed by atoms with Gasteiger partial charge in [0.25, 0.3) is 11.5 Å². The molecule has 6 heteroatoms. The number of carbonyl (C=O) groups is 2. The Labute approximate surface area is 144 Å². The third-order valence-electron chi connectivity index (χ3n) is 4.86. The van der Waals surface area contributed by atoms with Gasteiger partial charge in [-0.05, 0) is 43.0 Å². The van der Waals surface area contributed by atoms with E-state index in [9.17, 15) is 14.4 Å². The van der Waals surface area contributed by atoms with Crippen LogP contribution in [0, 0.1) is 0 Å². The van der Waals surface area contributed by atoms with Crippen LogP contribution in [0.1, 0.15) is 34.5 Å². The maximum absolute atomic E-state index is 12.5. The molecular formula is C19H19N3O3. The Kier molecular flexibility index (Phi) is 3.87. The summed E-state index contributed by atoms with van der Waals surface area (Å²) in [5, 5.41) is 2.84. The van der Waals surface area contributed by atoms with E-state index in [0.717, 1.165) is 36.2 Å². The standard InChI is InChI=1S/C19H19N3O3/c23-17-10-13(11-22(17)14-6-2-1-3-7-14)20-18(24)15-9-12-5-4-8-16(12)21-19(15)25/h1-3,6-7,9,13H,4-5,8,10-11H2,(H,20,24)(H,21,25). The quantitative estimate of drug-likeness (QED) is 0.888. The molecule has 6 nitrogen and oxygen atoms in total. The number of benzene rings is 1. The molecule has 0 spiro atoms. The predicted molar refractivity (Wildman–Crippen MR) is 93.8 cm³/mol. The lowest BCUT2D eigenvalue weighted by Gasteiger charge is -2.17. The molecule has 2 N–H and O–H groups in total. The lowest BCUT2D eigenvalue weighted by atomic mass is 10.1. The van der Waals surface area contributed by atoms with Crippen molar-refractivity contribution in [3.63, 3.8) is 0 Å². The number of para-hydroxylation sites is 1. The molecule has 2 heterocycles. The van der Waals surface area contributed by atoms with Crippen molar-refractivity contribution in [2.45, 2.75) is 31.7 Å². The van der Waals surface area contributed by atoms with E-state index in [4.69, 9.17) is 0 Å². The van der Waals surface area contributed by atoms with Crippen LogP contribution < -0.4 is 15.8 Å². The first-order chi connectivity index (χ1) is 12.1. The predicted octanol–water partition coefficient (Wildman–Crippen LogP) is 1.40. The molecule has 25 heavy (non-hydrogen) atoms. The SMILES string of the molecule is O=C(NC1CC(=O)N(c2ccccc2)C1)c1cc2c([nH]c1=O)CCC2. The van der Waals surface area contributed by atoms with Gasteiger partial charge in [-0.1, -0.05) is 18.2 Å². The Bertz CT molecular complexity index is 889. The van der Waals surface area contributed by atoms with Crippen molar-refractivity contribution in [2.24, 2.45) is 0 Å². The lowest BCUT2D eigenvalue weighted by molar-refractivity contribution is -0.117. The van der Waals surface area contributed by atoms with E-state index in [-0.39, 0.29) is 29.5 Å². The van der Waals surface area contributed by atoms with Crippen molar-refractivity contribution in [1.29, 1.82) is 0 Å². The van der Waals surface area contributed by atoms with Crippen LogP contribution in [0.4, 0.5) is 5.69 Å². The fourth-order valence-electron chi connectivity index (χ4n) is 3.61. The number of hydrogen-bond donors (Lipinski definition) is 2. The van der Waals surface area contributed by atoms with Crippen LogP contribution in [0.2, 0.25) is 0 Å². The molecule has 0 saturated carbocycles. The molecular weight excluding hydrogens is 318 g/mol. The Morgan fingerprint density at radius 2 is 1.96 bits per heavy atom. The number of hydrogen-bond acceptors (Lipinski definition) is 3. The number of nitrogens with zero attached hydrogens (tertiary/aromatic N) is 1. The number of amides is 2. The maximum Gasteiger partial charge on any atom is 0.261 e. The Morgan fingerprint density at radius 1 is 1.16 bits per heavy atom. The van der Waals surface area contributed by atoms with Crippen LogP contribution in [0.3, 0.4) is 0 Å². The van der Waals surface area contributed by atoms with E-state index in [0.29, 0.717) is 6.54 Å². The summed E-state index contributed by atoms with van der Waals surface area (Å²) in [6.45, 7) is 0.414. The summed E-state index contributed by atoms with van der Waals surface area (Å²) in [7, 11) is 0. The number of anilines is 1. The number of pyridine rings is 1. The van der Waals surface area contributed by atoms with Gasteiger partial charge in [-0.3, -0.25) is 14.4 Å². The number of rotatable bonds is 3. The number of aromatic amines is 1. The molecule has 1 fully saturated rings. The Balaban J connectivity index is 1.49. The second kappa shape index (κ2) is 6.20. The second-order valence-electron chi connectivity index (χ2n) is 6.58. The van der Waals surface area contributed by atoms with Crippen LogP contribution in [0.5, 0.6) is 0 Å². The molecule has 4 rings (SSSR count). The largest absolute Gasteiger partial charge is 0.347 e.